The second kappa shape index (κ2) is 24.1. The fraction of sp³-hybridized carbons (Fsp3) is 0.491. The molecule has 3 aromatic carbocycles. The van der Waals surface area contributed by atoms with Crippen molar-refractivity contribution in [2.45, 2.75) is 141 Å². The van der Waals surface area contributed by atoms with Gasteiger partial charge in [0, 0.05) is 35.6 Å². The highest BCUT2D eigenvalue weighted by Gasteiger charge is 2.51. The maximum Gasteiger partial charge on any atom is 0.408 e. The summed E-state index contributed by atoms with van der Waals surface area (Å²) in [6.45, 7) is 12.3. The largest absolute Gasteiger partial charge is 0.445 e. The van der Waals surface area contributed by atoms with Crippen LogP contribution in [0, 0.1) is 34.8 Å². The molecule has 18 nitrogen and oxygen atoms in total. The topological polar surface area (TPSA) is 247 Å². The first-order valence-corrected chi connectivity index (χ1v) is 24.6. The van der Waals surface area contributed by atoms with Gasteiger partial charge in [0.05, 0.1) is 6.04 Å². The molecule has 3 fully saturated rings. The zero-order valence-corrected chi connectivity index (χ0v) is 41.5. The van der Waals surface area contributed by atoms with E-state index in [2.05, 4.69) is 31.9 Å². The molecule has 7 amide bonds. The van der Waals surface area contributed by atoms with Crippen LogP contribution in [0.25, 0.3) is 0 Å². The van der Waals surface area contributed by atoms with Crippen LogP contribution in [0.1, 0.15) is 101 Å². The number of hydrogen-bond acceptors (Lipinski definition) is 10. The van der Waals surface area contributed by atoms with Gasteiger partial charge in [0.1, 0.15) is 42.9 Å². The molecule has 380 valence electrons. The quantitative estimate of drug-likeness (QED) is 0.0793. The lowest BCUT2D eigenvalue weighted by Crippen LogP contribution is -2.63. The third kappa shape index (κ3) is 13.6. The van der Waals surface area contributed by atoms with Crippen molar-refractivity contribution in [1.82, 2.24) is 36.8 Å². The standard InChI is InChI=1S/C53H68N8O10/c1-8-16-36-25-42-48(63)54-34(7)46(59-53(68)71-29-35-23-21-30(3)22-24-35)51(66)58-44(32(5)37-17-12-10-13-18-37)49(64)55-40(26-39-27-41(39)61(69)70)47(62)57-45(33(6)38-19-14-11-15-20-38)50(65)56-43(31(4)9-2)52(67)60(42)28-36/h8,10-24,31-34,36,39-46H,9,25-29H2,1-7H3,(H,54,63)(H,55,64)(H,56,65)(H,57,62)(H,58,66)(H,59,68)/b16-8-/t31-,32+,33+,34+,36-,39-,40+,41+,42-,43-,44?,45-,46+/m0/s1. The van der Waals surface area contributed by atoms with Gasteiger partial charge < -0.3 is 41.5 Å². The van der Waals surface area contributed by atoms with Crippen LogP contribution in [0.2, 0.25) is 0 Å². The number of carbonyl (C=O) groups excluding carboxylic acids is 7. The Labute approximate surface area is 415 Å². The summed E-state index contributed by atoms with van der Waals surface area (Å²) < 4.78 is 5.55. The van der Waals surface area contributed by atoms with Crippen molar-refractivity contribution >= 4 is 41.5 Å². The molecular formula is C53H68N8O10. The number of nitrogens with one attached hydrogen (secondary N) is 6. The Balaban J connectivity index is 1.45. The van der Waals surface area contributed by atoms with Crippen LogP contribution in [0.4, 0.5) is 4.79 Å². The first-order chi connectivity index (χ1) is 33.9. The lowest BCUT2D eigenvalue weighted by atomic mass is 9.90. The normalized spacial score (nSPS) is 28.0. The third-order valence-electron chi connectivity index (χ3n) is 14.2. The molecule has 2 aliphatic heterocycles. The molecule has 0 spiro atoms. The second-order valence-electron chi connectivity index (χ2n) is 19.4. The van der Waals surface area contributed by atoms with Gasteiger partial charge in [-0.25, -0.2) is 4.79 Å². The van der Waals surface area contributed by atoms with Crippen molar-refractivity contribution < 1.29 is 43.2 Å². The molecule has 13 atom stereocenters. The van der Waals surface area contributed by atoms with E-state index in [1.54, 1.807) is 93.6 Å². The van der Waals surface area contributed by atoms with Crippen LogP contribution in [0.15, 0.2) is 97.1 Å². The van der Waals surface area contributed by atoms with Crippen molar-refractivity contribution in [2.75, 3.05) is 6.54 Å². The summed E-state index contributed by atoms with van der Waals surface area (Å²) in [6.07, 6.45) is 3.36. The minimum atomic E-state index is -1.57. The fourth-order valence-corrected chi connectivity index (χ4v) is 9.47. The Kier molecular flexibility index (Phi) is 18.1. The maximum absolute atomic E-state index is 15.0. The number of hydrogen-bond donors (Lipinski definition) is 6. The van der Waals surface area contributed by atoms with E-state index in [0.717, 1.165) is 5.56 Å². The van der Waals surface area contributed by atoms with Crippen molar-refractivity contribution in [3.63, 3.8) is 0 Å². The number of benzene rings is 3. The molecule has 3 aromatic rings. The number of ether oxygens (including phenoxy) is 1. The lowest BCUT2D eigenvalue weighted by molar-refractivity contribution is -0.498. The number of rotatable bonds is 13. The number of alkyl carbamates (subject to hydrolysis) is 1. The number of fused-ring (bicyclic) bond motifs is 1. The molecule has 2 saturated heterocycles. The molecule has 0 bridgehead atoms. The zero-order chi connectivity index (χ0) is 51.5. The fourth-order valence-electron chi connectivity index (χ4n) is 9.47. The van der Waals surface area contributed by atoms with Crippen LogP contribution in [0.5, 0.6) is 0 Å². The van der Waals surface area contributed by atoms with E-state index in [1.165, 1.54) is 11.8 Å². The van der Waals surface area contributed by atoms with Crippen LogP contribution >= 0.6 is 0 Å². The molecule has 6 N–H and O–H groups in total. The van der Waals surface area contributed by atoms with Gasteiger partial charge in [0.2, 0.25) is 41.5 Å². The molecule has 1 saturated carbocycles. The van der Waals surface area contributed by atoms with E-state index in [9.17, 15) is 43.7 Å². The Hall–Kier alpha value is -7.11. The SMILES string of the molecule is C/C=C\[C@H]1C[C@H]2C(=O)N[C@H](C)[C@@H](NC(=O)OCc3ccc(C)cc3)C(=O)NC([C@H](C)c3ccccc3)C(=O)N[C@H](C[C@H]3C[C@H]3[N+](=O)[O-])C(=O)N[C@@H]([C@H](C)c3ccccc3)C(=O)N[C@@H]([C@@H](C)CC)C(=O)N2C1. The number of nitro groups is 1. The summed E-state index contributed by atoms with van der Waals surface area (Å²) in [4.78, 5) is 115. The molecule has 0 radical (unpaired) electrons. The van der Waals surface area contributed by atoms with E-state index >= 15 is 0 Å². The number of aryl methyl sites for hydroxylation is 1. The van der Waals surface area contributed by atoms with E-state index in [-0.39, 0.29) is 38.3 Å². The minimum Gasteiger partial charge on any atom is -0.445 e. The average Bonchev–Trinajstić information content (AvgIpc) is 4.02. The van der Waals surface area contributed by atoms with E-state index < -0.39 is 118 Å². The summed E-state index contributed by atoms with van der Waals surface area (Å²) in [5, 5.41) is 28.8. The Morgan fingerprint density at radius 3 is 1.89 bits per heavy atom. The van der Waals surface area contributed by atoms with Crippen molar-refractivity contribution in [1.29, 1.82) is 0 Å². The number of allylic oxidation sites excluding steroid dienone is 1. The Bertz CT molecular complexity index is 2420. The predicted molar refractivity (Wildman–Crippen MR) is 265 cm³/mol. The monoisotopic (exact) mass is 977 g/mol. The zero-order valence-electron chi connectivity index (χ0n) is 41.5. The summed E-state index contributed by atoms with van der Waals surface area (Å²) in [6, 6.07) is 14.9. The molecular weight excluding hydrogens is 909 g/mol. The summed E-state index contributed by atoms with van der Waals surface area (Å²) in [5.41, 5.74) is 2.97. The highest BCUT2D eigenvalue weighted by atomic mass is 16.6. The average molecular weight is 977 g/mol. The summed E-state index contributed by atoms with van der Waals surface area (Å²) in [5.74, 6) is -7.18. The van der Waals surface area contributed by atoms with Crippen LogP contribution in [-0.4, -0.2) is 106 Å². The Morgan fingerprint density at radius 1 is 0.775 bits per heavy atom. The van der Waals surface area contributed by atoms with Gasteiger partial charge in [-0.2, -0.15) is 0 Å². The summed E-state index contributed by atoms with van der Waals surface area (Å²) in [7, 11) is 0. The highest BCUT2D eigenvalue weighted by molar-refractivity contribution is 5.98. The second-order valence-corrected chi connectivity index (χ2v) is 19.4. The van der Waals surface area contributed by atoms with Crippen LogP contribution < -0.4 is 31.9 Å². The molecule has 3 aliphatic rings. The van der Waals surface area contributed by atoms with E-state index in [1.807, 2.05) is 45.1 Å². The van der Waals surface area contributed by atoms with Gasteiger partial charge in [0.15, 0.2) is 0 Å². The molecule has 6 rings (SSSR count). The molecule has 2 heterocycles. The van der Waals surface area contributed by atoms with Crippen molar-refractivity contribution in [2.24, 2.45) is 17.8 Å². The van der Waals surface area contributed by atoms with E-state index in [4.69, 9.17) is 4.74 Å². The lowest BCUT2D eigenvalue weighted by Gasteiger charge is -2.34. The van der Waals surface area contributed by atoms with E-state index in [0.29, 0.717) is 23.1 Å². The van der Waals surface area contributed by atoms with Gasteiger partial charge in [-0.15, -0.1) is 0 Å². The van der Waals surface area contributed by atoms with Gasteiger partial charge >= 0.3 is 6.09 Å². The van der Waals surface area contributed by atoms with Crippen molar-refractivity contribution in [3.05, 3.63) is 129 Å². The number of nitrogens with zero attached hydrogens (tertiary/aromatic N) is 2. The van der Waals surface area contributed by atoms with Crippen LogP contribution in [-0.2, 0) is 40.1 Å². The maximum atomic E-state index is 15.0. The number of carbonyl (C=O) groups is 7. The summed E-state index contributed by atoms with van der Waals surface area (Å²) >= 11 is 0. The van der Waals surface area contributed by atoms with Gasteiger partial charge in [-0.05, 0) is 62.1 Å². The van der Waals surface area contributed by atoms with Crippen molar-refractivity contribution in [3.8, 4) is 0 Å². The first-order valence-electron chi connectivity index (χ1n) is 24.6. The predicted octanol–water partition coefficient (Wildman–Crippen LogP) is 4.55. The smallest absolute Gasteiger partial charge is 0.408 e. The molecule has 71 heavy (non-hydrogen) atoms. The van der Waals surface area contributed by atoms with Crippen LogP contribution in [0.3, 0.4) is 0 Å². The first kappa shape index (κ1) is 53.2. The van der Waals surface area contributed by atoms with Gasteiger partial charge in [0.25, 0.3) is 0 Å². The molecule has 1 aliphatic carbocycles. The minimum absolute atomic E-state index is 0.132. The molecule has 18 heteroatoms. The highest BCUT2D eigenvalue weighted by Crippen LogP contribution is 2.37. The number of amides is 7. The molecule has 0 aromatic heterocycles. The van der Waals surface area contributed by atoms with Gasteiger partial charge in [-0.1, -0.05) is 137 Å². The third-order valence-corrected chi connectivity index (χ3v) is 14.2. The Morgan fingerprint density at radius 2 is 1.34 bits per heavy atom. The molecule has 1 unspecified atom stereocenters. The van der Waals surface area contributed by atoms with Gasteiger partial charge in [-0.3, -0.25) is 38.9 Å².